The zero-order chi connectivity index (χ0) is 27.6. The van der Waals surface area contributed by atoms with Crippen molar-refractivity contribution in [2.45, 2.75) is 38.0 Å². The molecule has 2 atom stereocenters. The van der Waals surface area contributed by atoms with Crippen LogP contribution in [0.5, 0.6) is 0 Å². The fourth-order valence-corrected chi connectivity index (χ4v) is 6.28. The van der Waals surface area contributed by atoms with Gasteiger partial charge in [-0.3, -0.25) is 10.00 Å². The fourth-order valence-electron chi connectivity index (χ4n) is 5.37. The van der Waals surface area contributed by atoms with Gasteiger partial charge in [-0.15, -0.1) is 11.3 Å². The van der Waals surface area contributed by atoms with Crippen molar-refractivity contribution in [1.82, 2.24) is 30.0 Å². The number of hydrogen-bond donors (Lipinski definition) is 2. The number of rotatable bonds is 5. The molecule has 2 aliphatic heterocycles. The van der Waals surface area contributed by atoms with Gasteiger partial charge in [0.15, 0.2) is 5.82 Å². The maximum atomic E-state index is 12.3. The smallest absolute Gasteiger partial charge is 0.410 e. The van der Waals surface area contributed by atoms with Gasteiger partial charge >= 0.3 is 6.09 Å². The Morgan fingerprint density at radius 1 is 1.12 bits per heavy atom. The van der Waals surface area contributed by atoms with Crippen LogP contribution in [0.15, 0.2) is 67.1 Å². The lowest BCUT2D eigenvalue weighted by atomic mass is 10.2. The number of nitrogens with zero attached hydrogens (tertiary/aromatic N) is 5. The van der Waals surface area contributed by atoms with E-state index < -0.39 is 0 Å². The molecule has 2 fully saturated rings. The van der Waals surface area contributed by atoms with E-state index in [4.69, 9.17) is 4.74 Å². The molecular formula is C31H29N7O2S. The first kappa shape index (κ1) is 25.5. The van der Waals surface area contributed by atoms with E-state index in [1.165, 1.54) is 5.56 Å². The topological polar surface area (TPSA) is 97.2 Å². The van der Waals surface area contributed by atoms with Crippen LogP contribution >= 0.6 is 11.3 Å². The number of anilines is 2. The molecule has 2 saturated heterocycles. The van der Waals surface area contributed by atoms with Crippen LogP contribution in [0.4, 0.5) is 16.3 Å². The minimum Gasteiger partial charge on any atom is -0.445 e. The summed E-state index contributed by atoms with van der Waals surface area (Å²) >= 11 is 1.57. The Hall–Kier alpha value is -4.46. The van der Waals surface area contributed by atoms with Gasteiger partial charge in [0.2, 0.25) is 0 Å². The first-order valence-corrected chi connectivity index (χ1v) is 14.7. The summed E-state index contributed by atoms with van der Waals surface area (Å²) in [5.41, 5.74) is 4.08. The number of thiophene rings is 1. The highest BCUT2D eigenvalue weighted by Crippen LogP contribution is 2.31. The monoisotopic (exact) mass is 563 g/mol. The van der Waals surface area contributed by atoms with Gasteiger partial charge in [-0.1, -0.05) is 42.2 Å². The molecule has 2 aromatic carbocycles. The zero-order valence-corrected chi connectivity index (χ0v) is 23.2. The van der Waals surface area contributed by atoms with Crippen molar-refractivity contribution in [2.24, 2.45) is 0 Å². The molecule has 0 radical (unpaired) electrons. The van der Waals surface area contributed by atoms with E-state index in [1.54, 1.807) is 22.6 Å². The van der Waals surface area contributed by atoms with Crippen LogP contribution in [0.2, 0.25) is 0 Å². The number of benzene rings is 2. The summed E-state index contributed by atoms with van der Waals surface area (Å²) in [6, 6.07) is 18.5. The first-order valence-electron chi connectivity index (χ1n) is 13.9. The molecule has 2 aliphatic rings. The van der Waals surface area contributed by atoms with Crippen molar-refractivity contribution in [2.75, 3.05) is 25.0 Å². The van der Waals surface area contributed by atoms with E-state index in [0.717, 1.165) is 70.0 Å². The fraction of sp³-hybridized carbons (Fsp3) is 0.290. The third-order valence-electron chi connectivity index (χ3n) is 7.48. The van der Waals surface area contributed by atoms with Gasteiger partial charge in [-0.05, 0) is 42.7 Å². The first-order chi connectivity index (χ1) is 20.2. The number of amides is 1. The van der Waals surface area contributed by atoms with E-state index in [1.807, 2.05) is 41.2 Å². The zero-order valence-electron chi connectivity index (χ0n) is 22.4. The normalized spacial score (nSPS) is 18.5. The van der Waals surface area contributed by atoms with E-state index in [-0.39, 0.29) is 18.2 Å². The predicted octanol–water partition coefficient (Wildman–Crippen LogP) is 5.15. The SMILES string of the molecule is O=C(O[C@H]1CN[C@@H](C#Cc2cc3ncnc(Nc4ccc5c(cnn5Cc5ccccc5)c4)c3s2)C1)N1CCCC1. The minimum absolute atomic E-state index is 0.0187. The molecule has 0 aliphatic carbocycles. The van der Waals surface area contributed by atoms with Crippen molar-refractivity contribution in [3.63, 3.8) is 0 Å². The molecule has 3 aromatic heterocycles. The Morgan fingerprint density at radius 3 is 2.88 bits per heavy atom. The third kappa shape index (κ3) is 5.59. The molecule has 5 heterocycles. The van der Waals surface area contributed by atoms with Crippen molar-refractivity contribution in [3.8, 4) is 11.8 Å². The summed E-state index contributed by atoms with van der Waals surface area (Å²) in [5.74, 6) is 7.35. The van der Waals surface area contributed by atoms with Gasteiger partial charge in [-0.2, -0.15) is 5.10 Å². The number of nitrogens with one attached hydrogen (secondary N) is 2. The van der Waals surface area contributed by atoms with E-state index in [9.17, 15) is 4.79 Å². The molecule has 1 amide bonds. The van der Waals surface area contributed by atoms with Gasteiger partial charge in [0.05, 0.1) is 39.4 Å². The van der Waals surface area contributed by atoms with Gasteiger partial charge in [0, 0.05) is 37.1 Å². The van der Waals surface area contributed by atoms with E-state index >= 15 is 0 Å². The molecule has 0 spiro atoms. The molecular weight excluding hydrogens is 534 g/mol. The standard InChI is InChI=1S/C31H29N7O2S/c39-31(37-12-4-5-13-37)40-25-15-23(32-18-25)8-10-26-16-27-29(41-26)30(34-20-33-27)36-24-9-11-28-22(14-24)17-35-38(28)19-21-6-2-1-3-7-21/h1-3,6-7,9,11,14,16-17,20,23,25,32H,4-5,12-13,15,18-19H2,(H,33,34,36)/t23-,25+/m0/s1. The Labute approximate surface area is 241 Å². The van der Waals surface area contributed by atoms with Crippen molar-refractivity contribution in [3.05, 3.63) is 77.6 Å². The Bertz CT molecular complexity index is 1770. The number of ether oxygens (including phenoxy) is 1. The molecule has 0 saturated carbocycles. The number of fused-ring (bicyclic) bond motifs is 2. The molecule has 10 heteroatoms. The second-order valence-corrected chi connectivity index (χ2v) is 11.5. The summed E-state index contributed by atoms with van der Waals surface area (Å²) in [6.45, 7) is 2.94. The van der Waals surface area contributed by atoms with Gasteiger partial charge in [-0.25, -0.2) is 14.8 Å². The maximum Gasteiger partial charge on any atom is 0.410 e. The quantitative estimate of drug-likeness (QED) is 0.286. The number of carbonyl (C=O) groups excluding carboxylic acids is 1. The van der Waals surface area contributed by atoms with Crippen molar-refractivity contribution >= 4 is 50.1 Å². The molecule has 41 heavy (non-hydrogen) atoms. The number of aromatic nitrogens is 4. The summed E-state index contributed by atoms with van der Waals surface area (Å²) < 4.78 is 8.65. The van der Waals surface area contributed by atoms with Crippen LogP contribution in [-0.4, -0.2) is 62.5 Å². The van der Waals surface area contributed by atoms with Crippen molar-refractivity contribution < 1.29 is 9.53 Å². The second-order valence-electron chi connectivity index (χ2n) is 10.4. The molecule has 9 nitrogen and oxygen atoms in total. The average Bonchev–Trinajstić information content (AvgIpc) is 3.80. The molecule has 2 N–H and O–H groups in total. The van der Waals surface area contributed by atoms with Crippen LogP contribution in [0.3, 0.4) is 0 Å². The lowest BCUT2D eigenvalue weighted by molar-refractivity contribution is 0.0763. The van der Waals surface area contributed by atoms with Crippen LogP contribution in [0.1, 0.15) is 29.7 Å². The molecule has 0 unspecified atom stereocenters. The second kappa shape index (κ2) is 11.2. The minimum atomic E-state index is -0.203. The largest absolute Gasteiger partial charge is 0.445 e. The van der Waals surface area contributed by atoms with E-state index in [0.29, 0.717) is 13.0 Å². The molecule has 206 valence electrons. The number of carbonyl (C=O) groups is 1. The van der Waals surface area contributed by atoms with Gasteiger partial charge in [0.1, 0.15) is 12.4 Å². The highest BCUT2D eigenvalue weighted by atomic mass is 32.1. The van der Waals surface area contributed by atoms with Gasteiger partial charge in [0.25, 0.3) is 0 Å². The molecule has 7 rings (SSSR count). The molecule has 5 aromatic rings. The highest BCUT2D eigenvalue weighted by molar-refractivity contribution is 7.20. The Balaban J connectivity index is 1.03. The summed E-state index contributed by atoms with van der Waals surface area (Å²) in [4.78, 5) is 24.0. The lowest BCUT2D eigenvalue weighted by Crippen LogP contribution is -2.32. The van der Waals surface area contributed by atoms with Crippen molar-refractivity contribution in [1.29, 1.82) is 0 Å². The average molecular weight is 564 g/mol. The van der Waals surface area contributed by atoms with Gasteiger partial charge < -0.3 is 15.0 Å². The van der Waals surface area contributed by atoms with Crippen LogP contribution < -0.4 is 10.6 Å². The lowest BCUT2D eigenvalue weighted by Gasteiger charge is -2.18. The van der Waals surface area contributed by atoms with Crippen LogP contribution in [0.25, 0.3) is 21.1 Å². The predicted molar refractivity (Wildman–Crippen MR) is 160 cm³/mol. The van der Waals surface area contributed by atoms with Crippen LogP contribution in [-0.2, 0) is 11.3 Å². The van der Waals surface area contributed by atoms with Crippen LogP contribution in [0, 0.1) is 11.8 Å². The Morgan fingerprint density at radius 2 is 2.00 bits per heavy atom. The number of hydrogen-bond acceptors (Lipinski definition) is 8. The summed E-state index contributed by atoms with van der Waals surface area (Å²) in [7, 11) is 0. The Kier molecular flexibility index (Phi) is 6.96. The maximum absolute atomic E-state index is 12.3. The third-order valence-corrected chi connectivity index (χ3v) is 8.53. The summed E-state index contributed by atoms with van der Waals surface area (Å²) in [6.07, 6.45) is 5.92. The van der Waals surface area contributed by atoms with E-state index in [2.05, 4.69) is 61.8 Å². The summed E-state index contributed by atoms with van der Waals surface area (Å²) in [5, 5.41) is 12.5. The number of likely N-dealkylation sites (tertiary alicyclic amines) is 1. The highest BCUT2D eigenvalue weighted by Gasteiger charge is 2.28. The molecule has 0 bridgehead atoms.